The van der Waals surface area contributed by atoms with E-state index in [4.69, 9.17) is 0 Å². The van der Waals surface area contributed by atoms with Gasteiger partial charge in [0.1, 0.15) is 0 Å². The van der Waals surface area contributed by atoms with Crippen molar-refractivity contribution in [2.75, 3.05) is 0 Å². The van der Waals surface area contributed by atoms with Crippen molar-refractivity contribution in [1.29, 1.82) is 0 Å². The summed E-state index contributed by atoms with van der Waals surface area (Å²) in [5.41, 5.74) is 1.68. The van der Waals surface area contributed by atoms with E-state index in [2.05, 4.69) is 98.8 Å². The van der Waals surface area contributed by atoms with Gasteiger partial charge in [0.2, 0.25) is 0 Å². The first-order valence-electron chi connectivity index (χ1n) is 9.53. The van der Waals surface area contributed by atoms with Gasteiger partial charge in [0.15, 0.2) is 0 Å². The molecule has 0 amide bonds. The minimum absolute atomic E-state index is 0.0804. The molecule has 0 saturated carbocycles. The number of rotatable bonds is 4. The van der Waals surface area contributed by atoms with E-state index in [0.29, 0.717) is 0 Å². The van der Waals surface area contributed by atoms with Crippen molar-refractivity contribution >= 4 is 37.1 Å². The molecule has 1 aliphatic rings. The molecule has 4 rings (SSSR count). The molecule has 3 aromatic rings. The van der Waals surface area contributed by atoms with Crippen LogP contribution in [0, 0.1) is 0 Å². The van der Waals surface area contributed by atoms with E-state index in [1.54, 1.807) is 10.6 Å². The monoisotopic (exact) mass is 376 g/mol. The first-order valence-corrected chi connectivity index (χ1v) is 12.4. The zero-order valence-corrected chi connectivity index (χ0v) is 17.3. The molecule has 1 aliphatic heterocycles. The SMILES string of the molecule is C[C@@H]1CC[C@@H](C)P1c1ccccc1P(c1ccccc1)c1ccccc1. The van der Waals surface area contributed by atoms with Crippen LogP contribution < -0.4 is 21.2 Å². The Bertz CT molecular complexity index is 795. The molecule has 0 N–H and O–H groups in total. The second kappa shape index (κ2) is 8.04. The Labute approximate surface area is 160 Å². The van der Waals surface area contributed by atoms with E-state index in [0.717, 1.165) is 11.3 Å². The lowest BCUT2D eigenvalue weighted by atomic mass is 10.2. The lowest BCUT2D eigenvalue weighted by Crippen LogP contribution is -2.32. The standard InChI is InChI=1S/C24H26P2/c1-19-17-18-20(2)25(19)23-15-9-10-16-24(23)26(21-11-5-3-6-12-21)22-13-7-4-8-14-22/h3-16,19-20H,17-18H2,1-2H3/t19-,20-/m1/s1. The second-order valence-corrected chi connectivity index (χ2v) is 12.4. The van der Waals surface area contributed by atoms with Crippen molar-refractivity contribution in [1.82, 2.24) is 0 Å². The molecule has 0 nitrogen and oxygen atoms in total. The van der Waals surface area contributed by atoms with Gasteiger partial charge in [0, 0.05) is 0 Å². The molecule has 0 unspecified atom stereocenters. The maximum absolute atomic E-state index is 2.47. The minimum atomic E-state index is -0.505. The van der Waals surface area contributed by atoms with E-state index >= 15 is 0 Å². The number of hydrogen-bond acceptors (Lipinski definition) is 0. The highest BCUT2D eigenvalue weighted by molar-refractivity contribution is 7.82. The molecule has 0 radical (unpaired) electrons. The summed E-state index contributed by atoms with van der Waals surface area (Å²) >= 11 is 0. The van der Waals surface area contributed by atoms with E-state index in [-0.39, 0.29) is 7.92 Å². The molecule has 1 heterocycles. The Morgan fingerprint density at radius 2 is 1.12 bits per heavy atom. The summed E-state index contributed by atoms with van der Waals surface area (Å²) in [6.45, 7) is 4.94. The quantitative estimate of drug-likeness (QED) is 0.554. The van der Waals surface area contributed by atoms with Gasteiger partial charge in [-0.05, 0) is 53.3 Å². The third-order valence-electron chi connectivity index (χ3n) is 5.38. The molecule has 0 aliphatic carbocycles. The van der Waals surface area contributed by atoms with Gasteiger partial charge in [-0.1, -0.05) is 107 Å². The number of benzene rings is 3. The highest BCUT2D eigenvalue weighted by atomic mass is 31.1. The highest BCUT2D eigenvalue weighted by Gasteiger charge is 2.33. The molecule has 1 fully saturated rings. The van der Waals surface area contributed by atoms with Crippen molar-refractivity contribution in [2.24, 2.45) is 0 Å². The molecule has 2 atom stereocenters. The second-order valence-electron chi connectivity index (χ2n) is 7.18. The molecular weight excluding hydrogens is 350 g/mol. The fraction of sp³-hybridized carbons (Fsp3) is 0.250. The summed E-state index contributed by atoms with van der Waals surface area (Å²) in [6, 6.07) is 31.5. The molecule has 0 bridgehead atoms. The molecule has 1 saturated heterocycles. The fourth-order valence-electron chi connectivity index (χ4n) is 4.12. The average molecular weight is 376 g/mol. The van der Waals surface area contributed by atoms with Crippen LogP contribution in [-0.2, 0) is 0 Å². The summed E-state index contributed by atoms with van der Waals surface area (Å²) in [4.78, 5) is 0. The van der Waals surface area contributed by atoms with Crippen LogP contribution in [0.15, 0.2) is 84.9 Å². The summed E-state index contributed by atoms with van der Waals surface area (Å²) in [6.07, 6.45) is 2.77. The van der Waals surface area contributed by atoms with Crippen LogP contribution in [0.25, 0.3) is 0 Å². The Kier molecular flexibility index (Phi) is 5.54. The van der Waals surface area contributed by atoms with Gasteiger partial charge in [0.05, 0.1) is 0 Å². The maximum Gasteiger partial charge on any atom is -0.00740 e. The summed E-state index contributed by atoms with van der Waals surface area (Å²) in [5, 5.41) is 6.14. The summed E-state index contributed by atoms with van der Waals surface area (Å²) in [7, 11) is -0.585. The summed E-state index contributed by atoms with van der Waals surface area (Å²) in [5.74, 6) is 0. The first-order chi connectivity index (χ1) is 12.8. The van der Waals surface area contributed by atoms with Gasteiger partial charge in [-0.25, -0.2) is 0 Å². The maximum atomic E-state index is 2.47. The van der Waals surface area contributed by atoms with E-state index in [1.165, 1.54) is 23.5 Å². The minimum Gasteiger partial charge on any atom is -0.0688 e. The summed E-state index contributed by atoms with van der Waals surface area (Å²) < 4.78 is 0. The van der Waals surface area contributed by atoms with Crippen LogP contribution >= 0.6 is 15.8 Å². The molecular formula is C24H26P2. The average Bonchev–Trinajstić information content (AvgIpc) is 3.02. The molecule has 132 valence electrons. The largest absolute Gasteiger partial charge is 0.0688 e. The zero-order valence-electron chi connectivity index (χ0n) is 15.5. The Morgan fingerprint density at radius 3 is 1.65 bits per heavy atom. The fourth-order valence-corrected chi connectivity index (χ4v) is 10.4. The van der Waals surface area contributed by atoms with E-state index < -0.39 is 7.92 Å². The normalized spacial score (nSPS) is 20.6. The Hall–Kier alpha value is -1.48. The third kappa shape index (κ3) is 3.51. The van der Waals surface area contributed by atoms with Crippen molar-refractivity contribution < 1.29 is 0 Å². The molecule has 2 heteroatoms. The predicted molar refractivity (Wildman–Crippen MR) is 120 cm³/mol. The van der Waals surface area contributed by atoms with Gasteiger partial charge in [-0.2, -0.15) is 0 Å². The first kappa shape index (κ1) is 17.9. The van der Waals surface area contributed by atoms with Crippen LogP contribution in [0.3, 0.4) is 0 Å². The van der Waals surface area contributed by atoms with Crippen LogP contribution in [0.5, 0.6) is 0 Å². The molecule has 0 spiro atoms. The lowest BCUT2D eigenvalue weighted by Gasteiger charge is -2.28. The van der Waals surface area contributed by atoms with Crippen molar-refractivity contribution in [3.63, 3.8) is 0 Å². The molecule has 26 heavy (non-hydrogen) atoms. The van der Waals surface area contributed by atoms with Crippen LogP contribution in [-0.4, -0.2) is 11.3 Å². The topological polar surface area (TPSA) is 0 Å². The van der Waals surface area contributed by atoms with Gasteiger partial charge in [-0.3, -0.25) is 0 Å². The van der Waals surface area contributed by atoms with Gasteiger partial charge >= 0.3 is 0 Å². The lowest BCUT2D eigenvalue weighted by molar-refractivity contribution is 0.777. The Balaban J connectivity index is 1.88. The predicted octanol–water partition coefficient (Wildman–Crippen LogP) is 5.12. The molecule has 3 aromatic carbocycles. The van der Waals surface area contributed by atoms with Gasteiger partial charge in [-0.15, -0.1) is 0 Å². The zero-order chi connectivity index (χ0) is 17.9. The van der Waals surface area contributed by atoms with Gasteiger partial charge in [0.25, 0.3) is 0 Å². The molecule has 0 aromatic heterocycles. The van der Waals surface area contributed by atoms with Crippen LogP contribution in [0.4, 0.5) is 0 Å². The van der Waals surface area contributed by atoms with Crippen LogP contribution in [0.2, 0.25) is 0 Å². The third-order valence-corrected chi connectivity index (χ3v) is 11.4. The van der Waals surface area contributed by atoms with E-state index in [1.807, 2.05) is 0 Å². The van der Waals surface area contributed by atoms with Crippen molar-refractivity contribution in [2.45, 2.75) is 38.0 Å². The highest BCUT2D eigenvalue weighted by Crippen LogP contribution is 2.55. The van der Waals surface area contributed by atoms with E-state index in [9.17, 15) is 0 Å². The number of hydrogen-bond donors (Lipinski definition) is 0. The van der Waals surface area contributed by atoms with Crippen LogP contribution in [0.1, 0.15) is 26.7 Å². The smallest absolute Gasteiger partial charge is 0.00740 e. The van der Waals surface area contributed by atoms with Gasteiger partial charge < -0.3 is 0 Å². The Morgan fingerprint density at radius 1 is 0.654 bits per heavy atom. The van der Waals surface area contributed by atoms with Crippen molar-refractivity contribution in [3.8, 4) is 0 Å². The van der Waals surface area contributed by atoms with Crippen molar-refractivity contribution in [3.05, 3.63) is 84.9 Å².